The van der Waals surface area contributed by atoms with Gasteiger partial charge in [-0.15, -0.1) is 0 Å². The second-order valence-corrected chi connectivity index (χ2v) is 15.8. The lowest BCUT2D eigenvalue weighted by molar-refractivity contribution is 0.672. The predicted molar refractivity (Wildman–Crippen MR) is 250 cm³/mol. The summed E-state index contributed by atoms with van der Waals surface area (Å²) < 4.78 is 18.0. The molecule has 4 aromatic heterocycles. The summed E-state index contributed by atoms with van der Waals surface area (Å²) in [7, 11) is 0. The van der Waals surface area contributed by atoms with E-state index in [0.717, 1.165) is 121 Å². The maximum absolute atomic E-state index is 10.7. The molecule has 9 aromatic carbocycles. The van der Waals surface area contributed by atoms with Crippen molar-refractivity contribution in [3.63, 3.8) is 0 Å². The minimum atomic E-state index is 0.531. The molecule has 0 aliphatic heterocycles. The summed E-state index contributed by atoms with van der Waals surface area (Å²) in [4.78, 5) is 0. The molecule has 0 radical (unpaired) electrons. The Morgan fingerprint density at radius 1 is 0.355 bits per heavy atom. The van der Waals surface area contributed by atoms with E-state index >= 15 is 0 Å². The van der Waals surface area contributed by atoms with Crippen molar-refractivity contribution in [3.05, 3.63) is 193 Å². The van der Waals surface area contributed by atoms with Gasteiger partial charge in [0.15, 0.2) is 0 Å². The topological polar surface area (TPSA) is 83.7 Å². The normalized spacial score (nSPS) is 11.8. The fourth-order valence-corrected chi connectivity index (χ4v) is 9.92. The van der Waals surface area contributed by atoms with Gasteiger partial charge < -0.3 is 18.0 Å². The smallest absolute Gasteiger partial charge is 0.145 e. The van der Waals surface area contributed by atoms with E-state index in [4.69, 9.17) is 8.83 Å². The summed E-state index contributed by atoms with van der Waals surface area (Å²) in [6.07, 6.45) is 0. The number of hydrogen-bond donors (Lipinski definition) is 0. The molecule has 0 saturated carbocycles. The van der Waals surface area contributed by atoms with Crippen LogP contribution in [0.25, 0.3) is 121 Å². The summed E-state index contributed by atoms with van der Waals surface area (Å²) in [5.74, 6) is 0. The highest BCUT2D eigenvalue weighted by Gasteiger charge is 2.23. The Kier molecular flexibility index (Phi) is 7.05. The Morgan fingerprint density at radius 3 is 1.40 bits per heavy atom. The third-order valence-corrected chi connectivity index (χ3v) is 12.6. The molecule has 6 heteroatoms. The number of fused-ring (bicyclic) bond motifs is 14. The van der Waals surface area contributed by atoms with E-state index in [2.05, 4.69) is 137 Å². The lowest BCUT2D eigenvalue weighted by Crippen LogP contribution is -2.01. The number of rotatable bonds is 4. The van der Waals surface area contributed by atoms with Crippen molar-refractivity contribution in [1.82, 2.24) is 9.13 Å². The van der Waals surface area contributed by atoms with Crippen LogP contribution in [0.4, 0.5) is 0 Å². The molecule has 0 spiro atoms. The molecular formula is C56H30N4O2. The Morgan fingerprint density at radius 2 is 0.839 bits per heavy atom. The van der Waals surface area contributed by atoms with Gasteiger partial charge in [-0.1, -0.05) is 97.1 Å². The SMILES string of the molecule is N#Cc1ccccc1-c1ccc(C#N)c(-c2cc(-n3c4ccccc4c4c5oc6ccccc6c5ccc43)cc(-n3c4ccccc4c4c5oc6ccccc6c5ccc43)c2)c1. The zero-order valence-electron chi connectivity index (χ0n) is 32.9. The molecule has 13 aromatic rings. The highest BCUT2D eigenvalue weighted by Crippen LogP contribution is 2.44. The van der Waals surface area contributed by atoms with Crippen molar-refractivity contribution >= 4 is 87.5 Å². The van der Waals surface area contributed by atoms with Crippen LogP contribution in [-0.2, 0) is 0 Å². The number of nitrogens with zero attached hydrogens (tertiary/aromatic N) is 4. The van der Waals surface area contributed by atoms with Crippen molar-refractivity contribution < 1.29 is 8.83 Å². The highest BCUT2D eigenvalue weighted by molar-refractivity contribution is 6.25. The number of furan rings is 2. The molecule has 0 atom stereocenters. The van der Waals surface area contributed by atoms with Crippen LogP contribution in [0.5, 0.6) is 0 Å². The Labute approximate surface area is 353 Å². The van der Waals surface area contributed by atoms with E-state index in [1.165, 1.54) is 0 Å². The average Bonchev–Trinajstić information content (AvgIpc) is 4.08. The van der Waals surface area contributed by atoms with Crippen molar-refractivity contribution in [1.29, 1.82) is 10.5 Å². The number of nitriles is 2. The van der Waals surface area contributed by atoms with E-state index in [1.807, 2.05) is 66.7 Å². The number of aromatic nitrogens is 2. The minimum Gasteiger partial charge on any atom is -0.455 e. The van der Waals surface area contributed by atoms with Crippen LogP contribution < -0.4 is 0 Å². The molecule has 6 nitrogen and oxygen atoms in total. The lowest BCUT2D eigenvalue weighted by atomic mass is 9.92. The fourth-order valence-electron chi connectivity index (χ4n) is 9.92. The maximum atomic E-state index is 10.7. The quantitative estimate of drug-likeness (QED) is 0.178. The molecule has 0 aliphatic rings. The lowest BCUT2D eigenvalue weighted by Gasteiger charge is -2.17. The third kappa shape index (κ3) is 4.72. The molecule has 0 fully saturated rings. The van der Waals surface area contributed by atoms with Crippen LogP contribution in [0.3, 0.4) is 0 Å². The first kappa shape index (κ1) is 34.1. The van der Waals surface area contributed by atoms with Crippen LogP contribution in [0, 0.1) is 22.7 Å². The van der Waals surface area contributed by atoms with E-state index in [-0.39, 0.29) is 0 Å². The third-order valence-electron chi connectivity index (χ3n) is 12.6. The van der Waals surface area contributed by atoms with Crippen LogP contribution in [0.15, 0.2) is 191 Å². The van der Waals surface area contributed by atoms with Gasteiger partial charge in [0.05, 0.1) is 56.1 Å². The van der Waals surface area contributed by atoms with Crippen LogP contribution in [-0.4, -0.2) is 9.13 Å². The van der Waals surface area contributed by atoms with Gasteiger partial charge in [-0.05, 0) is 102 Å². The van der Waals surface area contributed by atoms with E-state index < -0.39 is 0 Å². The van der Waals surface area contributed by atoms with Gasteiger partial charge in [0.25, 0.3) is 0 Å². The molecule has 0 amide bonds. The van der Waals surface area contributed by atoms with E-state index in [0.29, 0.717) is 11.1 Å². The van der Waals surface area contributed by atoms with Crippen LogP contribution in [0.2, 0.25) is 0 Å². The molecule has 62 heavy (non-hydrogen) atoms. The summed E-state index contributed by atoms with van der Waals surface area (Å²) >= 11 is 0. The molecule has 13 rings (SSSR count). The first-order valence-electron chi connectivity index (χ1n) is 20.5. The molecule has 0 N–H and O–H groups in total. The summed E-state index contributed by atoms with van der Waals surface area (Å²) in [5.41, 5.74) is 13.7. The van der Waals surface area contributed by atoms with Crippen molar-refractivity contribution in [3.8, 4) is 45.8 Å². The highest BCUT2D eigenvalue weighted by atomic mass is 16.3. The van der Waals surface area contributed by atoms with Gasteiger partial charge >= 0.3 is 0 Å². The fraction of sp³-hybridized carbons (Fsp3) is 0. The van der Waals surface area contributed by atoms with Gasteiger partial charge in [0.2, 0.25) is 0 Å². The number of hydrogen-bond acceptors (Lipinski definition) is 4. The Hall–Kier alpha value is -8.84. The standard InChI is InChI=1S/C56H30N4O2/c57-31-34-11-1-2-12-39(34)33-21-22-35(32-58)46(29-33)36-27-37(59-47-17-7-3-15-44(47)53-49(59)25-23-42-40-13-5-9-19-51(40)61-55(42)53)30-38(28-36)60-48-18-8-4-16-45(48)54-50(60)26-24-43-41-14-6-10-20-52(41)62-56(43)54/h1-30H. The molecule has 0 unspecified atom stereocenters. The molecule has 0 saturated heterocycles. The number of para-hydroxylation sites is 4. The summed E-state index contributed by atoms with van der Waals surface area (Å²) in [5, 5.41) is 29.3. The molecule has 0 aliphatic carbocycles. The molecule has 0 bridgehead atoms. The number of benzene rings is 9. The second-order valence-electron chi connectivity index (χ2n) is 15.8. The predicted octanol–water partition coefficient (Wildman–Crippen LogP) is 14.8. The van der Waals surface area contributed by atoms with Gasteiger partial charge in [-0.25, -0.2) is 0 Å². The largest absolute Gasteiger partial charge is 0.455 e. The molecule has 286 valence electrons. The van der Waals surface area contributed by atoms with Crippen molar-refractivity contribution in [2.24, 2.45) is 0 Å². The zero-order chi connectivity index (χ0) is 41.1. The average molecular weight is 791 g/mol. The first-order valence-corrected chi connectivity index (χ1v) is 20.5. The summed E-state index contributed by atoms with van der Waals surface area (Å²) in [6, 6.07) is 67.0. The van der Waals surface area contributed by atoms with Gasteiger partial charge in [0, 0.05) is 49.3 Å². The van der Waals surface area contributed by atoms with Crippen molar-refractivity contribution in [2.75, 3.05) is 0 Å². The van der Waals surface area contributed by atoms with Crippen LogP contribution >= 0.6 is 0 Å². The van der Waals surface area contributed by atoms with Crippen LogP contribution in [0.1, 0.15) is 11.1 Å². The van der Waals surface area contributed by atoms with Crippen molar-refractivity contribution in [2.45, 2.75) is 0 Å². The Balaban J connectivity index is 1.16. The first-order chi connectivity index (χ1) is 30.7. The maximum Gasteiger partial charge on any atom is 0.145 e. The van der Waals surface area contributed by atoms with Gasteiger partial charge in [0.1, 0.15) is 22.3 Å². The second kappa shape index (κ2) is 12.8. The van der Waals surface area contributed by atoms with Gasteiger partial charge in [-0.3, -0.25) is 0 Å². The van der Waals surface area contributed by atoms with Gasteiger partial charge in [-0.2, -0.15) is 10.5 Å². The summed E-state index contributed by atoms with van der Waals surface area (Å²) in [6.45, 7) is 0. The minimum absolute atomic E-state index is 0.531. The molecule has 4 heterocycles. The monoisotopic (exact) mass is 790 g/mol. The Bertz CT molecular complexity index is 3940. The van der Waals surface area contributed by atoms with E-state index in [9.17, 15) is 10.5 Å². The zero-order valence-corrected chi connectivity index (χ0v) is 32.9. The molecular weight excluding hydrogens is 761 g/mol. The van der Waals surface area contributed by atoms with E-state index in [1.54, 1.807) is 0 Å².